The van der Waals surface area contributed by atoms with Crippen LogP contribution < -0.4 is 14.5 Å². The molecular formula is C24H29NO5. The zero-order chi connectivity index (χ0) is 22.3. The number of carbonyl (C=O) groups excluding carboxylic acids is 1. The molecular weight excluding hydrogens is 382 g/mol. The smallest absolute Gasteiger partial charge is 0.247 e. The summed E-state index contributed by atoms with van der Waals surface area (Å²) in [5.74, 6) is 0.638. The van der Waals surface area contributed by atoms with Crippen molar-refractivity contribution in [2.24, 2.45) is 0 Å². The number of hydroxylamine groups is 1. The Hall–Kier alpha value is -3.25. The minimum atomic E-state index is -0.510. The summed E-state index contributed by atoms with van der Waals surface area (Å²) in [6, 6.07) is 8.43. The molecule has 2 aromatic rings. The number of rotatable bonds is 8. The fourth-order valence-electron chi connectivity index (χ4n) is 2.94. The second-order valence-electron chi connectivity index (χ2n) is 7.03. The molecule has 1 amide bonds. The Balaban J connectivity index is 2.45. The Kier molecular flexibility index (Phi) is 8.07. The second-order valence-corrected chi connectivity index (χ2v) is 7.03. The van der Waals surface area contributed by atoms with Gasteiger partial charge in [0.05, 0.1) is 13.7 Å². The van der Waals surface area contributed by atoms with Crippen molar-refractivity contribution in [2.45, 2.75) is 34.1 Å². The Labute approximate surface area is 177 Å². The molecule has 2 aromatic carbocycles. The fourth-order valence-corrected chi connectivity index (χ4v) is 2.94. The number of hydrogen-bond donors (Lipinski definition) is 2. The van der Waals surface area contributed by atoms with Gasteiger partial charge in [0.2, 0.25) is 5.91 Å². The molecule has 0 saturated heterocycles. The van der Waals surface area contributed by atoms with Gasteiger partial charge in [0.1, 0.15) is 22.9 Å². The third kappa shape index (κ3) is 5.87. The van der Waals surface area contributed by atoms with E-state index in [2.05, 4.69) is 6.08 Å². The van der Waals surface area contributed by atoms with Crippen LogP contribution in [0.3, 0.4) is 0 Å². The van der Waals surface area contributed by atoms with E-state index in [4.69, 9.17) is 9.47 Å². The number of allylic oxidation sites excluding steroid dienone is 2. The number of ether oxygens (including phenoxy) is 2. The van der Waals surface area contributed by atoms with E-state index >= 15 is 0 Å². The largest absolute Gasteiger partial charge is 0.508 e. The number of methoxy groups -OCH3 is 1. The maximum atomic E-state index is 11.4. The standard InChI is InChI=1S/C24H29NO5/c1-6-30-23-15-20(27)14-19(21(23)11-7-16(2)3)10-8-18-9-12-22(24(13-18)29-5)25(28)17(4)26/h7-10,12-15,27-28H,6,11H2,1-5H3/b10-8+. The van der Waals surface area contributed by atoms with E-state index < -0.39 is 5.91 Å². The number of carbonyl (C=O) groups is 1. The highest BCUT2D eigenvalue weighted by atomic mass is 16.5. The molecule has 0 bridgehead atoms. The Morgan fingerprint density at radius 1 is 1.10 bits per heavy atom. The molecule has 2 N–H and O–H groups in total. The highest BCUT2D eigenvalue weighted by molar-refractivity contribution is 5.91. The first-order valence-electron chi connectivity index (χ1n) is 9.74. The van der Waals surface area contributed by atoms with Crippen LogP contribution in [0.25, 0.3) is 12.2 Å². The predicted molar refractivity (Wildman–Crippen MR) is 119 cm³/mol. The number of hydrogen-bond acceptors (Lipinski definition) is 5. The molecule has 30 heavy (non-hydrogen) atoms. The molecule has 6 nitrogen and oxygen atoms in total. The summed E-state index contributed by atoms with van der Waals surface area (Å²) in [4.78, 5) is 11.4. The number of benzene rings is 2. The number of phenolic OH excluding ortho intramolecular Hbond substituents is 1. The number of anilines is 1. The van der Waals surface area contributed by atoms with Crippen LogP contribution in [-0.2, 0) is 11.2 Å². The molecule has 0 aliphatic carbocycles. The van der Waals surface area contributed by atoms with Gasteiger partial charge >= 0.3 is 0 Å². The summed E-state index contributed by atoms with van der Waals surface area (Å²) in [6.07, 6.45) is 6.56. The molecule has 0 aliphatic rings. The highest BCUT2D eigenvalue weighted by Crippen LogP contribution is 2.32. The Morgan fingerprint density at radius 2 is 1.83 bits per heavy atom. The number of aromatic hydroxyl groups is 1. The Morgan fingerprint density at radius 3 is 2.43 bits per heavy atom. The lowest BCUT2D eigenvalue weighted by Gasteiger charge is -2.16. The summed E-state index contributed by atoms with van der Waals surface area (Å²) in [7, 11) is 1.47. The van der Waals surface area contributed by atoms with Crippen molar-refractivity contribution in [2.75, 3.05) is 18.8 Å². The van der Waals surface area contributed by atoms with E-state index in [9.17, 15) is 15.1 Å². The van der Waals surface area contributed by atoms with Gasteiger partial charge in [0.15, 0.2) is 0 Å². The van der Waals surface area contributed by atoms with Crippen molar-refractivity contribution in [3.05, 3.63) is 58.7 Å². The van der Waals surface area contributed by atoms with E-state index in [1.807, 2.05) is 32.9 Å². The molecule has 0 radical (unpaired) electrons. The molecule has 2 rings (SSSR count). The van der Waals surface area contributed by atoms with Crippen LogP contribution in [0.15, 0.2) is 42.0 Å². The van der Waals surface area contributed by atoms with Crippen molar-refractivity contribution in [3.63, 3.8) is 0 Å². The molecule has 0 saturated carbocycles. The molecule has 0 heterocycles. The lowest BCUT2D eigenvalue weighted by Crippen LogP contribution is -2.24. The first-order valence-corrected chi connectivity index (χ1v) is 9.74. The van der Waals surface area contributed by atoms with Crippen molar-refractivity contribution >= 4 is 23.7 Å². The molecule has 0 fully saturated rings. The predicted octanol–water partition coefficient (Wildman–Crippen LogP) is 5.22. The van der Waals surface area contributed by atoms with Crippen molar-refractivity contribution in [1.82, 2.24) is 0 Å². The van der Waals surface area contributed by atoms with Crippen molar-refractivity contribution < 1.29 is 24.6 Å². The SMILES string of the molecule is CCOc1cc(O)cc(/C=C/c2ccc(N(O)C(C)=O)c(OC)c2)c1CC=C(C)C. The number of amides is 1. The van der Waals surface area contributed by atoms with Crippen molar-refractivity contribution in [1.29, 1.82) is 0 Å². The lowest BCUT2D eigenvalue weighted by molar-refractivity contribution is -0.121. The molecule has 0 spiro atoms. The fraction of sp³-hybridized carbons (Fsp3) is 0.292. The topological polar surface area (TPSA) is 79.2 Å². The van der Waals surface area contributed by atoms with Crippen LogP contribution >= 0.6 is 0 Å². The van der Waals surface area contributed by atoms with Crippen LogP contribution in [0.5, 0.6) is 17.2 Å². The van der Waals surface area contributed by atoms with Crippen molar-refractivity contribution in [3.8, 4) is 17.2 Å². The Bertz CT molecular complexity index is 958. The summed E-state index contributed by atoms with van der Waals surface area (Å²) < 4.78 is 11.0. The minimum absolute atomic E-state index is 0.129. The van der Waals surface area contributed by atoms with Gasteiger partial charge < -0.3 is 14.6 Å². The van der Waals surface area contributed by atoms with Crippen LogP contribution in [0.2, 0.25) is 0 Å². The average molecular weight is 411 g/mol. The average Bonchev–Trinajstić information content (AvgIpc) is 2.70. The van der Waals surface area contributed by atoms with Gasteiger partial charge in [-0.3, -0.25) is 10.0 Å². The van der Waals surface area contributed by atoms with Gasteiger partial charge in [-0.2, -0.15) is 5.06 Å². The van der Waals surface area contributed by atoms with Gasteiger partial charge in [0.25, 0.3) is 0 Å². The molecule has 0 atom stereocenters. The van der Waals surface area contributed by atoms with E-state index in [0.717, 1.165) is 16.7 Å². The summed E-state index contributed by atoms with van der Waals surface area (Å²) in [5, 5.41) is 20.6. The van der Waals surface area contributed by atoms with Crippen LogP contribution in [-0.4, -0.2) is 29.9 Å². The van der Waals surface area contributed by atoms with Gasteiger partial charge in [-0.1, -0.05) is 29.9 Å². The summed E-state index contributed by atoms with van der Waals surface area (Å²) in [6.45, 7) is 7.74. The van der Waals surface area contributed by atoms with Gasteiger partial charge in [0, 0.05) is 18.6 Å². The number of phenols is 1. The third-order valence-electron chi connectivity index (χ3n) is 4.43. The van der Waals surface area contributed by atoms with Gasteiger partial charge in [-0.15, -0.1) is 0 Å². The molecule has 0 aromatic heterocycles. The number of nitrogens with zero attached hydrogens (tertiary/aromatic N) is 1. The minimum Gasteiger partial charge on any atom is -0.508 e. The maximum absolute atomic E-state index is 11.4. The van der Waals surface area contributed by atoms with Crippen LogP contribution in [0.4, 0.5) is 5.69 Å². The lowest BCUT2D eigenvalue weighted by atomic mass is 10.00. The zero-order valence-electron chi connectivity index (χ0n) is 18.1. The molecule has 0 unspecified atom stereocenters. The van der Waals surface area contributed by atoms with Crippen LogP contribution in [0.1, 0.15) is 44.4 Å². The van der Waals surface area contributed by atoms with E-state index in [-0.39, 0.29) is 11.4 Å². The quantitative estimate of drug-likeness (QED) is 0.269. The zero-order valence-corrected chi connectivity index (χ0v) is 18.1. The first kappa shape index (κ1) is 23.0. The summed E-state index contributed by atoms with van der Waals surface area (Å²) in [5.41, 5.74) is 4.09. The highest BCUT2D eigenvalue weighted by Gasteiger charge is 2.14. The first-order chi connectivity index (χ1) is 14.3. The molecule has 6 heteroatoms. The van der Waals surface area contributed by atoms with Crippen LogP contribution in [0, 0.1) is 0 Å². The van der Waals surface area contributed by atoms with E-state index in [0.29, 0.717) is 29.6 Å². The van der Waals surface area contributed by atoms with Gasteiger partial charge in [-0.25, -0.2) is 0 Å². The normalized spacial score (nSPS) is 10.7. The molecule has 160 valence electrons. The third-order valence-corrected chi connectivity index (χ3v) is 4.43. The monoisotopic (exact) mass is 411 g/mol. The van der Waals surface area contributed by atoms with E-state index in [1.54, 1.807) is 30.3 Å². The maximum Gasteiger partial charge on any atom is 0.247 e. The van der Waals surface area contributed by atoms with Gasteiger partial charge in [-0.05, 0) is 56.5 Å². The second kappa shape index (κ2) is 10.5. The summed E-state index contributed by atoms with van der Waals surface area (Å²) >= 11 is 0. The van der Waals surface area contributed by atoms with E-state index in [1.165, 1.54) is 19.6 Å². The molecule has 0 aliphatic heterocycles.